The molecule has 0 saturated carbocycles. The number of anilines is 1. The molecule has 15 heavy (non-hydrogen) atoms. The number of hydrogen-bond donors (Lipinski definition) is 1. The van der Waals surface area contributed by atoms with Crippen LogP contribution in [0.1, 0.15) is 12.6 Å². The monoisotopic (exact) mass is 202 g/mol. The van der Waals surface area contributed by atoms with Crippen LogP contribution in [-0.2, 0) is 13.5 Å². The van der Waals surface area contributed by atoms with Gasteiger partial charge in [-0.05, 0) is 12.5 Å². The smallest absolute Gasteiger partial charge is 0.0701 e. The normalized spacial score (nSPS) is 10.5. The molecule has 78 valence electrons. The fraction of sp³-hybridized carbons (Fsp3) is 0.273. The van der Waals surface area contributed by atoms with E-state index in [0.717, 1.165) is 28.9 Å². The Hall–Kier alpha value is -1.84. The van der Waals surface area contributed by atoms with Gasteiger partial charge in [0.2, 0.25) is 0 Å². The molecule has 0 unspecified atom stereocenters. The van der Waals surface area contributed by atoms with E-state index >= 15 is 0 Å². The standard InChI is InChI=1S/C11H14N4/c1-3-11-9(7-15(2)14-11)8-6-13-5-4-10(8)12/h4-7H,3H2,1-2H3,(H2,12,13). The fourth-order valence-corrected chi connectivity index (χ4v) is 1.65. The highest BCUT2D eigenvalue weighted by Crippen LogP contribution is 2.27. The summed E-state index contributed by atoms with van der Waals surface area (Å²) >= 11 is 0. The summed E-state index contributed by atoms with van der Waals surface area (Å²) < 4.78 is 1.81. The third-order valence-electron chi connectivity index (χ3n) is 2.39. The molecule has 4 nitrogen and oxygen atoms in total. The van der Waals surface area contributed by atoms with Gasteiger partial charge in [0.15, 0.2) is 0 Å². The second kappa shape index (κ2) is 3.73. The Morgan fingerprint density at radius 2 is 2.20 bits per heavy atom. The van der Waals surface area contributed by atoms with Crippen molar-refractivity contribution in [1.29, 1.82) is 0 Å². The molecule has 2 aromatic rings. The second-order valence-corrected chi connectivity index (χ2v) is 3.48. The van der Waals surface area contributed by atoms with Crippen LogP contribution in [-0.4, -0.2) is 14.8 Å². The lowest BCUT2D eigenvalue weighted by Crippen LogP contribution is -1.92. The van der Waals surface area contributed by atoms with Crippen molar-refractivity contribution in [3.05, 3.63) is 30.4 Å². The van der Waals surface area contributed by atoms with Crippen molar-refractivity contribution >= 4 is 5.69 Å². The van der Waals surface area contributed by atoms with Gasteiger partial charge in [-0.3, -0.25) is 9.67 Å². The first-order valence-electron chi connectivity index (χ1n) is 4.94. The lowest BCUT2D eigenvalue weighted by atomic mass is 10.1. The van der Waals surface area contributed by atoms with Crippen LogP contribution in [0, 0.1) is 0 Å². The van der Waals surface area contributed by atoms with Crippen molar-refractivity contribution < 1.29 is 0 Å². The Kier molecular flexibility index (Phi) is 2.41. The molecule has 0 fully saturated rings. The number of nitrogens with two attached hydrogens (primary N) is 1. The molecule has 0 aromatic carbocycles. The van der Waals surface area contributed by atoms with Crippen LogP contribution < -0.4 is 5.73 Å². The van der Waals surface area contributed by atoms with E-state index in [9.17, 15) is 0 Å². The highest BCUT2D eigenvalue weighted by Gasteiger charge is 2.10. The van der Waals surface area contributed by atoms with Crippen molar-refractivity contribution in [2.75, 3.05) is 5.73 Å². The van der Waals surface area contributed by atoms with E-state index in [-0.39, 0.29) is 0 Å². The zero-order valence-electron chi connectivity index (χ0n) is 8.94. The van der Waals surface area contributed by atoms with Crippen LogP contribution in [0.2, 0.25) is 0 Å². The van der Waals surface area contributed by atoms with E-state index in [1.165, 1.54) is 0 Å². The molecular formula is C11H14N4. The van der Waals surface area contributed by atoms with Gasteiger partial charge in [-0.15, -0.1) is 0 Å². The molecule has 0 radical (unpaired) electrons. The van der Waals surface area contributed by atoms with Gasteiger partial charge in [0, 0.05) is 42.5 Å². The highest BCUT2D eigenvalue weighted by molar-refractivity contribution is 5.76. The first kappa shape index (κ1) is 9.71. The van der Waals surface area contributed by atoms with Gasteiger partial charge < -0.3 is 5.73 Å². The number of aromatic nitrogens is 3. The zero-order valence-corrected chi connectivity index (χ0v) is 8.94. The minimum absolute atomic E-state index is 0.743. The summed E-state index contributed by atoms with van der Waals surface area (Å²) in [5, 5.41) is 4.38. The van der Waals surface area contributed by atoms with Gasteiger partial charge >= 0.3 is 0 Å². The molecular weight excluding hydrogens is 188 g/mol. The SMILES string of the molecule is CCc1nn(C)cc1-c1cnccc1N. The maximum Gasteiger partial charge on any atom is 0.0701 e. The number of pyridine rings is 1. The van der Waals surface area contributed by atoms with Gasteiger partial charge in [-0.1, -0.05) is 6.92 Å². The summed E-state index contributed by atoms with van der Waals surface area (Å²) in [5.41, 5.74) is 9.74. The van der Waals surface area contributed by atoms with Crippen LogP contribution in [0.25, 0.3) is 11.1 Å². The molecule has 0 aliphatic carbocycles. The van der Waals surface area contributed by atoms with Crippen molar-refractivity contribution in [1.82, 2.24) is 14.8 Å². The van der Waals surface area contributed by atoms with Gasteiger partial charge in [-0.2, -0.15) is 5.10 Å². The predicted molar refractivity (Wildman–Crippen MR) is 60.2 cm³/mol. The molecule has 0 spiro atoms. The minimum atomic E-state index is 0.743. The van der Waals surface area contributed by atoms with E-state index in [1.807, 2.05) is 19.3 Å². The van der Waals surface area contributed by atoms with Gasteiger partial charge in [0.1, 0.15) is 0 Å². The quantitative estimate of drug-likeness (QED) is 0.805. The number of rotatable bonds is 2. The first-order valence-corrected chi connectivity index (χ1v) is 4.94. The fourth-order valence-electron chi connectivity index (χ4n) is 1.65. The number of nitrogen functional groups attached to an aromatic ring is 1. The second-order valence-electron chi connectivity index (χ2n) is 3.48. The van der Waals surface area contributed by atoms with Crippen LogP contribution in [0.15, 0.2) is 24.7 Å². The summed E-state index contributed by atoms with van der Waals surface area (Å²) in [6.07, 6.45) is 6.35. The summed E-state index contributed by atoms with van der Waals surface area (Å²) in [7, 11) is 1.91. The maximum atomic E-state index is 5.91. The summed E-state index contributed by atoms with van der Waals surface area (Å²) in [4.78, 5) is 4.09. The van der Waals surface area contributed by atoms with Gasteiger partial charge in [-0.25, -0.2) is 0 Å². The molecule has 2 N–H and O–H groups in total. The van der Waals surface area contributed by atoms with Gasteiger partial charge in [0.25, 0.3) is 0 Å². The van der Waals surface area contributed by atoms with Crippen molar-refractivity contribution in [2.45, 2.75) is 13.3 Å². The Morgan fingerprint density at radius 3 is 2.87 bits per heavy atom. The third kappa shape index (κ3) is 1.70. The summed E-state index contributed by atoms with van der Waals surface area (Å²) in [6, 6.07) is 1.81. The molecule has 0 atom stereocenters. The maximum absolute atomic E-state index is 5.91. The molecule has 0 aliphatic heterocycles. The largest absolute Gasteiger partial charge is 0.398 e. The predicted octanol–water partition coefficient (Wildman–Crippen LogP) is 1.63. The van der Waals surface area contributed by atoms with E-state index in [2.05, 4.69) is 17.0 Å². The molecule has 2 aromatic heterocycles. The third-order valence-corrected chi connectivity index (χ3v) is 2.39. The zero-order chi connectivity index (χ0) is 10.8. The van der Waals surface area contributed by atoms with Crippen molar-refractivity contribution in [2.24, 2.45) is 7.05 Å². The molecule has 0 amide bonds. The van der Waals surface area contributed by atoms with Crippen LogP contribution in [0.4, 0.5) is 5.69 Å². The number of nitrogens with zero attached hydrogens (tertiary/aromatic N) is 3. The average Bonchev–Trinajstić information content (AvgIpc) is 2.60. The van der Waals surface area contributed by atoms with E-state index in [0.29, 0.717) is 0 Å². The average molecular weight is 202 g/mol. The van der Waals surface area contributed by atoms with E-state index < -0.39 is 0 Å². The van der Waals surface area contributed by atoms with Crippen LogP contribution in [0.3, 0.4) is 0 Å². The Morgan fingerprint density at radius 1 is 1.40 bits per heavy atom. The minimum Gasteiger partial charge on any atom is -0.398 e. The molecule has 0 bridgehead atoms. The topological polar surface area (TPSA) is 56.7 Å². The number of hydrogen-bond acceptors (Lipinski definition) is 3. The lowest BCUT2D eigenvalue weighted by Gasteiger charge is -2.02. The van der Waals surface area contributed by atoms with Crippen molar-refractivity contribution in [3.63, 3.8) is 0 Å². The summed E-state index contributed by atoms with van der Waals surface area (Å²) in [6.45, 7) is 2.08. The summed E-state index contributed by atoms with van der Waals surface area (Å²) in [5.74, 6) is 0. The Labute approximate surface area is 88.8 Å². The van der Waals surface area contributed by atoms with Crippen LogP contribution in [0.5, 0.6) is 0 Å². The Bertz CT molecular complexity index is 473. The lowest BCUT2D eigenvalue weighted by molar-refractivity contribution is 0.746. The Balaban J connectivity index is 2.58. The van der Waals surface area contributed by atoms with E-state index in [4.69, 9.17) is 5.73 Å². The molecule has 0 aliphatic rings. The molecule has 0 saturated heterocycles. The first-order chi connectivity index (χ1) is 7.22. The molecule has 2 heterocycles. The van der Waals surface area contributed by atoms with E-state index in [1.54, 1.807) is 17.1 Å². The van der Waals surface area contributed by atoms with Crippen molar-refractivity contribution in [3.8, 4) is 11.1 Å². The highest BCUT2D eigenvalue weighted by atomic mass is 15.2. The molecule has 2 rings (SSSR count). The molecule has 4 heteroatoms. The van der Waals surface area contributed by atoms with Gasteiger partial charge in [0.05, 0.1) is 5.69 Å². The van der Waals surface area contributed by atoms with Crippen LogP contribution >= 0.6 is 0 Å². The number of aryl methyl sites for hydroxylation is 2.